The van der Waals surface area contributed by atoms with Gasteiger partial charge in [-0.05, 0) is 40.5 Å². The first kappa shape index (κ1) is 20.8. The predicted molar refractivity (Wildman–Crippen MR) is 119 cm³/mol. The van der Waals surface area contributed by atoms with Crippen molar-refractivity contribution in [1.29, 1.82) is 0 Å². The lowest BCUT2D eigenvalue weighted by atomic mass is 9.95. The fraction of sp³-hybridized carbons (Fsp3) is 0.261. The van der Waals surface area contributed by atoms with E-state index in [0.29, 0.717) is 13.0 Å². The molecule has 7 heteroatoms. The Bertz CT molecular complexity index is 1110. The van der Waals surface area contributed by atoms with Crippen LogP contribution in [-0.4, -0.2) is 31.2 Å². The van der Waals surface area contributed by atoms with Gasteiger partial charge in [-0.25, -0.2) is 8.42 Å². The van der Waals surface area contributed by atoms with E-state index in [2.05, 4.69) is 5.32 Å². The average Bonchev–Trinajstić information content (AvgIpc) is 3.33. The van der Waals surface area contributed by atoms with Crippen LogP contribution in [0.25, 0.3) is 0 Å². The van der Waals surface area contributed by atoms with Gasteiger partial charge < -0.3 is 5.32 Å². The van der Waals surface area contributed by atoms with Gasteiger partial charge in [-0.15, -0.1) is 11.3 Å². The first-order valence-corrected chi connectivity index (χ1v) is 12.2. The fourth-order valence-electron chi connectivity index (χ4n) is 3.77. The molecule has 0 saturated heterocycles. The van der Waals surface area contributed by atoms with Crippen LogP contribution in [0, 0.1) is 0 Å². The Morgan fingerprint density at radius 2 is 1.77 bits per heavy atom. The Morgan fingerprint density at radius 3 is 2.47 bits per heavy atom. The Balaban J connectivity index is 1.57. The third kappa shape index (κ3) is 4.19. The van der Waals surface area contributed by atoms with Crippen LogP contribution in [0.5, 0.6) is 0 Å². The monoisotopic (exact) mass is 440 g/mol. The number of amides is 1. The fourth-order valence-corrected chi connectivity index (χ4v) is 6.46. The summed E-state index contributed by atoms with van der Waals surface area (Å²) in [4.78, 5) is 13.2. The summed E-state index contributed by atoms with van der Waals surface area (Å²) >= 11 is 1.17. The summed E-state index contributed by atoms with van der Waals surface area (Å²) in [5.74, 6) is -0.124. The van der Waals surface area contributed by atoms with Crippen molar-refractivity contribution >= 4 is 27.3 Å². The van der Waals surface area contributed by atoms with Crippen molar-refractivity contribution in [3.63, 3.8) is 0 Å². The largest absolute Gasteiger partial charge is 0.354 e. The van der Waals surface area contributed by atoms with Crippen LogP contribution in [0.3, 0.4) is 0 Å². The van der Waals surface area contributed by atoms with Crippen molar-refractivity contribution in [2.45, 2.75) is 36.1 Å². The molecular formula is C23H24N2O3S2. The quantitative estimate of drug-likeness (QED) is 0.634. The lowest BCUT2D eigenvalue weighted by molar-refractivity contribution is -0.125. The minimum Gasteiger partial charge on any atom is -0.354 e. The number of sulfonamides is 1. The van der Waals surface area contributed by atoms with E-state index < -0.39 is 16.1 Å². The highest BCUT2D eigenvalue weighted by Crippen LogP contribution is 2.31. The first-order chi connectivity index (χ1) is 14.5. The maximum absolute atomic E-state index is 13.3. The highest BCUT2D eigenvalue weighted by atomic mass is 32.2. The molecule has 2 unspecified atom stereocenters. The van der Waals surface area contributed by atoms with Crippen LogP contribution in [0.1, 0.15) is 29.5 Å². The zero-order valence-electron chi connectivity index (χ0n) is 16.7. The predicted octanol–water partition coefficient (Wildman–Crippen LogP) is 3.78. The van der Waals surface area contributed by atoms with Gasteiger partial charge in [0, 0.05) is 13.1 Å². The van der Waals surface area contributed by atoms with E-state index in [1.807, 2.05) is 61.5 Å². The summed E-state index contributed by atoms with van der Waals surface area (Å²) in [6.07, 6.45) is 0.367. The number of rotatable bonds is 6. The van der Waals surface area contributed by atoms with Crippen LogP contribution in [0.4, 0.5) is 0 Å². The number of thiophene rings is 1. The van der Waals surface area contributed by atoms with Crippen LogP contribution >= 0.6 is 11.3 Å². The molecule has 1 N–H and O–H groups in total. The standard InChI is InChI=1S/C23H24N2O3S2/c1-17(18-8-3-2-4-9-18)15-24-23(26)21-14-19-10-5-6-11-20(19)16-25(21)30(27,28)22-12-7-13-29-22/h2-13,17,21H,14-16H2,1H3,(H,24,26). The van der Waals surface area contributed by atoms with Gasteiger partial charge in [-0.1, -0.05) is 67.6 Å². The summed E-state index contributed by atoms with van der Waals surface area (Å²) in [5, 5.41) is 4.72. The Labute approximate surface area is 181 Å². The molecule has 0 radical (unpaired) electrons. The number of hydrogen-bond acceptors (Lipinski definition) is 4. The smallest absolute Gasteiger partial charge is 0.253 e. The zero-order chi connectivity index (χ0) is 21.1. The van der Waals surface area contributed by atoms with Gasteiger partial charge in [0.1, 0.15) is 10.3 Å². The molecule has 0 aliphatic carbocycles. The van der Waals surface area contributed by atoms with E-state index in [9.17, 15) is 13.2 Å². The first-order valence-electron chi connectivity index (χ1n) is 9.91. The molecule has 30 heavy (non-hydrogen) atoms. The minimum absolute atomic E-state index is 0.133. The highest BCUT2D eigenvalue weighted by molar-refractivity contribution is 7.91. The van der Waals surface area contributed by atoms with Crippen LogP contribution in [0.15, 0.2) is 76.3 Å². The number of nitrogens with one attached hydrogen (secondary N) is 1. The van der Waals surface area contributed by atoms with Gasteiger partial charge in [0.05, 0.1) is 0 Å². The van der Waals surface area contributed by atoms with E-state index in [-0.39, 0.29) is 22.6 Å². The molecule has 2 heterocycles. The van der Waals surface area contributed by atoms with Crippen LogP contribution in [0.2, 0.25) is 0 Å². The van der Waals surface area contributed by atoms with E-state index in [1.165, 1.54) is 15.6 Å². The molecule has 3 aromatic rings. The molecule has 0 spiro atoms. The maximum Gasteiger partial charge on any atom is 0.253 e. The summed E-state index contributed by atoms with van der Waals surface area (Å²) in [6, 6.07) is 20.2. The summed E-state index contributed by atoms with van der Waals surface area (Å²) < 4.78 is 28.2. The van der Waals surface area contributed by atoms with Crippen molar-refractivity contribution < 1.29 is 13.2 Å². The second-order valence-electron chi connectivity index (χ2n) is 7.53. The van der Waals surface area contributed by atoms with Gasteiger partial charge in [0.2, 0.25) is 5.91 Å². The highest BCUT2D eigenvalue weighted by Gasteiger charge is 2.40. The van der Waals surface area contributed by atoms with Crippen molar-refractivity contribution in [1.82, 2.24) is 9.62 Å². The molecule has 1 amide bonds. The number of fused-ring (bicyclic) bond motifs is 1. The Hall–Kier alpha value is -2.48. The van der Waals surface area contributed by atoms with Gasteiger partial charge in [0.25, 0.3) is 10.0 Å². The molecule has 4 rings (SSSR count). The van der Waals surface area contributed by atoms with Gasteiger partial charge >= 0.3 is 0 Å². The Morgan fingerprint density at radius 1 is 1.07 bits per heavy atom. The third-order valence-electron chi connectivity index (χ3n) is 5.52. The molecule has 2 atom stereocenters. The molecule has 1 aliphatic heterocycles. The Kier molecular flexibility index (Phi) is 6.04. The van der Waals surface area contributed by atoms with Crippen LogP contribution < -0.4 is 5.32 Å². The molecule has 1 aliphatic rings. The molecule has 0 fully saturated rings. The van der Waals surface area contributed by atoms with Gasteiger partial charge in [-0.2, -0.15) is 4.31 Å². The van der Waals surface area contributed by atoms with Crippen LogP contribution in [-0.2, 0) is 27.8 Å². The van der Waals surface area contributed by atoms with E-state index >= 15 is 0 Å². The summed E-state index contributed by atoms with van der Waals surface area (Å²) in [5.41, 5.74) is 3.10. The number of carbonyl (C=O) groups is 1. The van der Waals surface area contributed by atoms with Gasteiger partial charge in [-0.3, -0.25) is 4.79 Å². The number of benzene rings is 2. The second kappa shape index (κ2) is 8.71. The molecule has 0 saturated carbocycles. The van der Waals surface area contributed by atoms with Crippen molar-refractivity contribution in [2.75, 3.05) is 6.54 Å². The van der Waals surface area contributed by atoms with E-state index in [4.69, 9.17) is 0 Å². The van der Waals surface area contributed by atoms with Crippen molar-refractivity contribution in [2.24, 2.45) is 0 Å². The molecule has 1 aromatic heterocycles. The van der Waals surface area contributed by atoms with E-state index in [1.54, 1.807) is 17.5 Å². The second-order valence-corrected chi connectivity index (χ2v) is 10.6. The summed E-state index contributed by atoms with van der Waals surface area (Å²) in [6.45, 7) is 2.70. The molecular weight excluding hydrogens is 416 g/mol. The maximum atomic E-state index is 13.3. The number of carbonyl (C=O) groups excluding carboxylic acids is 1. The number of nitrogens with zero attached hydrogens (tertiary/aromatic N) is 1. The zero-order valence-corrected chi connectivity index (χ0v) is 18.3. The summed E-state index contributed by atoms with van der Waals surface area (Å²) in [7, 11) is -3.76. The lowest BCUT2D eigenvalue weighted by Crippen LogP contribution is -2.52. The average molecular weight is 441 g/mol. The van der Waals surface area contributed by atoms with E-state index in [0.717, 1.165) is 16.7 Å². The van der Waals surface area contributed by atoms with Gasteiger partial charge in [0.15, 0.2) is 0 Å². The minimum atomic E-state index is -3.76. The normalized spacial score (nSPS) is 17.8. The lowest BCUT2D eigenvalue weighted by Gasteiger charge is -2.34. The third-order valence-corrected chi connectivity index (χ3v) is 8.74. The molecule has 2 aromatic carbocycles. The molecule has 0 bridgehead atoms. The molecule has 156 valence electrons. The SMILES string of the molecule is CC(CNC(=O)C1Cc2ccccc2CN1S(=O)(=O)c1cccs1)c1ccccc1. The van der Waals surface area contributed by atoms with Crippen molar-refractivity contribution in [3.8, 4) is 0 Å². The van der Waals surface area contributed by atoms with Crippen molar-refractivity contribution in [3.05, 3.63) is 88.8 Å². The number of hydrogen-bond donors (Lipinski definition) is 1. The molecule has 5 nitrogen and oxygen atoms in total. The topological polar surface area (TPSA) is 66.5 Å².